The lowest BCUT2D eigenvalue weighted by Crippen LogP contribution is -2.07. The summed E-state index contributed by atoms with van der Waals surface area (Å²) in [5.74, 6) is 0.00414. The number of aromatic nitrogens is 2. The molecule has 2 rings (SSSR count). The van der Waals surface area contributed by atoms with E-state index in [1.165, 1.54) is 24.4 Å². The van der Waals surface area contributed by atoms with Crippen LogP contribution in [0.5, 0.6) is 5.75 Å². The van der Waals surface area contributed by atoms with E-state index in [1.54, 1.807) is 6.07 Å². The predicted octanol–water partition coefficient (Wildman–Crippen LogP) is 2.77. The van der Waals surface area contributed by atoms with Gasteiger partial charge in [-0.15, -0.1) is 0 Å². The molecule has 1 aromatic carbocycles. The second kappa shape index (κ2) is 5.42. The molecule has 0 spiro atoms. The Morgan fingerprint density at radius 3 is 2.84 bits per heavy atom. The first kappa shape index (κ1) is 12.9. The van der Waals surface area contributed by atoms with Gasteiger partial charge >= 0.3 is 12.2 Å². The Morgan fingerprint density at radius 2 is 2.16 bits per heavy atom. The molecule has 0 N–H and O–H groups in total. The van der Waals surface area contributed by atoms with Gasteiger partial charge in [-0.25, -0.2) is 4.98 Å². The van der Waals surface area contributed by atoms with Gasteiger partial charge in [-0.1, -0.05) is 12.1 Å². The molecule has 0 aliphatic rings. The van der Waals surface area contributed by atoms with Crippen LogP contribution in [0, 0.1) is 10.1 Å². The summed E-state index contributed by atoms with van der Waals surface area (Å²) in [7, 11) is 0. The first-order valence-electron chi connectivity index (χ1n) is 5.25. The molecule has 2 aromatic rings. The van der Waals surface area contributed by atoms with Gasteiger partial charge in [0, 0.05) is 18.5 Å². The molecular weight excluding hydrogens is 260 g/mol. The molecule has 0 bridgehead atoms. The molecule has 0 saturated carbocycles. The van der Waals surface area contributed by atoms with Crippen LogP contribution in [-0.4, -0.2) is 14.5 Å². The van der Waals surface area contributed by atoms with Crippen molar-refractivity contribution < 1.29 is 18.4 Å². The molecule has 1 heterocycles. The molecule has 1 aromatic heterocycles. The van der Waals surface area contributed by atoms with E-state index in [-0.39, 0.29) is 23.9 Å². The van der Waals surface area contributed by atoms with Crippen LogP contribution < -0.4 is 4.74 Å². The molecule has 0 saturated heterocycles. The van der Waals surface area contributed by atoms with Gasteiger partial charge < -0.3 is 4.74 Å². The average Bonchev–Trinajstić information content (AvgIpc) is 2.85. The molecule has 0 unspecified atom stereocenters. The maximum absolute atomic E-state index is 12.6. The Morgan fingerprint density at radius 1 is 1.42 bits per heavy atom. The summed E-state index contributed by atoms with van der Waals surface area (Å²) >= 11 is 0. The molecule has 19 heavy (non-hydrogen) atoms. The molecule has 0 atom stereocenters. The maximum Gasteiger partial charge on any atom is 0.320 e. The van der Waals surface area contributed by atoms with Crippen molar-refractivity contribution in [2.45, 2.75) is 13.2 Å². The second-order valence-corrected chi connectivity index (χ2v) is 3.54. The van der Waals surface area contributed by atoms with Crippen molar-refractivity contribution >= 4 is 5.69 Å². The monoisotopic (exact) mass is 269 g/mol. The number of nitro benzene ring substituents is 1. The SMILES string of the molecule is O=[N+]([O-])c1ccccc1OCc1nccn1C(F)F. The number of imidazole rings is 1. The van der Waals surface area contributed by atoms with E-state index < -0.39 is 11.5 Å². The number of nitrogens with zero attached hydrogens (tertiary/aromatic N) is 3. The molecule has 0 amide bonds. The molecule has 0 aliphatic heterocycles. The summed E-state index contributed by atoms with van der Waals surface area (Å²) in [5, 5.41) is 10.7. The number of hydrogen-bond acceptors (Lipinski definition) is 4. The summed E-state index contributed by atoms with van der Waals surface area (Å²) in [6.07, 6.45) is 2.33. The van der Waals surface area contributed by atoms with Gasteiger partial charge in [0.2, 0.25) is 0 Å². The number of hydrogen-bond donors (Lipinski definition) is 0. The van der Waals surface area contributed by atoms with Gasteiger partial charge in [0.1, 0.15) is 6.61 Å². The Bertz CT molecular complexity index is 586. The quantitative estimate of drug-likeness (QED) is 0.618. The van der Waals surface area contributed by atoms with E-state index >= 15 is 0 Å². The fourth-order valence-corrected chi connectivity index (χ4v) is 1.51. The van der Waals surface area contributed by atoms with Crippen molar-refractivity contribution in [3.8, 4) is 5.75 Å². The molecule has 6 nitrogen and oxygen atoms in total. The number of ether oxygens (including phenoxy) is 1. The summed E-state index contributed by atoms with van der Waals surface area (Å²) in [6, 6.07) is 5.72. The summed E-state index contributed by atoms with van der Waals surface area (Å²) in [6.45, 7) is -3.01. The standard InChI is InChI=1S/C11H9F2N3O3/c12-11(13)15-6-5-14-10(15)7-19-9-4-2-1-3-8(9)16(17)18/h1-6,11H,7H2. The third-order valence-electron chi connectivity index (χ3n) is 2.38. The number of para-hydroxylation sites is 2. The van der Waals surface area contributed by atoms with Gasteiger partial charge in [-0.05, 0) is 6.07 Å². The number of halogens is 2. The van der Waals surface area contributed by atoms with Gasteiger partial charge in [-0.3, -0.25) is 14.7 Å². The maximum atomic E-state index is 12.6. The topological polar surface area (TPSA) is 70.2 Å². The normalized spacial score (nSPS) is 10.7. The molecule has 0 aliphatic carbocycles. The van der Waals surface area contributed by atoms with Gasteiger partial charge in [0.15, 0.2) is 11.6 Å². The lowest BCUT2D eigenvalue weighted by Gasteiger charge is -2.08. The van der Waals surface area contributed by atoms with E-state index in [1.807, 2.05) is 0 Å². The summed E-state index contributed by atoms with van der Waals surface area (Å²) < 4.78 is 30.9. The fourth-order valence-electron chi connectivity index (χ4n) is 1.51. The minimum atomic E-state index is -2.73. The van der Waals surface area contributed by atoms with Crippen LogP contribution in [0.25, 0.3) is 0 Å². The third-order valence-corrected chi connectivity index (χ3v) is 2.38. The van der Waals surface area contributed by atoms with E-state index in [2.05, 4.69) is 4.98 Å². The van der Waals surface area contributed by atoms with Crippen molar-refractivity contribution in [3.63, 3.8) is 0 Å². The zero-order valence-electron chi connectivity index (χ0n) is 9.57. The summed E-state index contributed by atoms with van der Waals surface area (Å²) in [5.41, 5.74) is -0.224. The van der Waals surface area contributed by atoms with Crippen molar-refractivity contribution in [3.05, 3.63) is 52.6 Å². The lowest BCUT2D eigenvalue weighted by molar-refractivity contribution is -0.386. The fraction of sp³-hybridized carbons (Fsp3) is 0.182. The van der Waals surface area contributed by atoms with Crippen molar-refractivity contribution in [1.82, 2.24) is 9.55 Å². The minimum absolute atomic E-state index is 0.00634. The largest absolute Gasteiger partial charge is 0.479 e. The van der Waals surface area contributed by atoms with E-state index in [4.69, 9.17) is 4.74 Å². The Kier molecular flexibility index (Phi) is 3.69. The Hall–Kier alpha value is -2.51. The van der Waals surface area contributed by atoms with Crippen molar-refractivity contribution in [2.75, 3.05) is 0 Å². The molecular formula is C11H9F2N3O3. The molecule has 8 heteroatoms. The van der Waals surface area contributed by atoms with Crippen LogP contribution in [0.15, 0.2) is 36.7 Å². The molecule has 0 radical (unpaired) electrons. The zero-order chi connectivity index (χ0) is 13.8. The Balaban J connectivity index is 2.15. The Labute approximate surface area is 106 Å². The summed E-state index contributed by atoms with van der Waals surface area (Å²) in [4.78, 5) is 13.9. The van der Waals surface area contributed by atoms with Crippen LogP contribution in [0.2, 0.25) is 0 Å². The van der Waals surface area contributed by atoms with Crippen LogP contribution in [-0.2, 0) is 6.61 Å². The highest BCUT2D eigenvalue weighted by atomic mass is 19.3. The first-order chi connectivity index (χ1) is 9.09. The number of nitro groups is 1. The van der Waals surface area contributed by atoms with Gasteiger partial charge in [-0.2, -0.15) is 8.78 Å². The third kappa shape index (κ3) is 2.84. The minimum Gasteiger partial charge on any atom is -0.479 e. The van der Waals surface area contributed by atoms with E-state index in [0.717, 1.165) is 6.20 Å². The lowest BCUT2D eigenvalue weighted by atomic mass is 10.3. The average molecular weight is 269 g/mol. The smallest absolute Gasteiger partial charge is 0.320 e. The first-order valence-corrected chi connectivity index (χ1v) is 5.25. The second-order valence-electron chi connectivity index (χ2n) is 3.54. The number of benzene rings is 1. The van der Waals surface area contributed by atoms with Gasteiger partial charge in [0.05, 0.1) is 4.92 Å². The van der Waals surface area contributed by atoms with Gasteiger partial charge in [0.25, 0.3) is 0 Å². The molecule has 0 fully saturated rings. The van der Waals surface area contributed by atoms with E-state index in [9.17, 15) is 18.9 Å². The highest BCUT2D eigenvalue weighted by molar-refractivity contribution is 5.45. The van der Waals surface area contributed by atoms with E-state index in [0.29, 0.717) is 4.57 Å². The van der Waals surface area contributed by atoms with Crippen LogP contribution in [0.1, 0.15) is 12.4 Å². The van der Waals surface area contributed by atoms with Crippen LogP contribution in [0.4, 0.5) is 14.5 Å². The van der Waals surface area contributed by atoms with Crippen LogP contribution >= 0.6 is 0 Å². The van der Waals surface area contributed by atoms with Crippen molar-refractivity contribution in [1.29, 1.82) is 0 Å². The zero-order valence-corrected chi connectivity index (χ0v) is 9.57. The number of rotatable bonds is 5. The number of alkyl halides is 2. The highest BCUT2D eigenvalue weighted by Gasteiger charge is 2.16. The van der Waals surface area contributed by atoms with Crippen LogP contribution in [0.3, 0.4) is 0 Å². The predicted molar refractivity (Wildman–Crippen MR) is 60.9 cm³/mol. The molecule has 100 valence electrons. The highest BCUT2D eigenvalue weighted by Crippen LogP contribution is 2.26. The van der Waals surface area contributed by atoms with Crippen molar-refractivity contribution in [2.24, 2.45) is 0 Å².